The largest absolute Gasteiger partial charge is 0.381 e. The standard InChI is InChI=1S/C19H30N2O2/c1-16(14-21-8-11-22-12-9-21)20-19(13-17-7-10-23-15-17)18-5-3-2-4-6-18/h2-6,16-17,19-20H,7-15H2,1H3/t16-,17-,19+/m1/s1. The Morgan fingerprint density at radius 1 is 1.13 bits per heavy atom. The van der Waals surface area contributed by atoms with Crippen molar-refractivity contribution in [3.8, 4) is 0 Å². The van der Waals surface area contributed by atoms with Crippen molar-refractivity contribution in [2.24, 2.45) is 5.92 Å². The van der Waals surface area contributed by atoms with Crippen LogP contribution in [0.15, 0.2) is 30.3 Å². The summed E-state index contributed by atoms with van der Waals surface area (Å²) in [6, 6.07) is 11.8. The van der Waals surface area contributed by atoms with Crippen LogP contribution in [0.25, 0.3) is 0 Å². The number of rotatable bonds is 7. The quantitative estimate of drug-likeness (QED) is 0.837. The van der Waals surface area contributed by atoms with Crippen LogP contribution in [0, 0.1) is 5.92 Å². The first kappa shape index (κ1) is 16.9. The van der Waals surface area contributed by atoms with E-state index in [0.29, 0.717) is 18.0 Å². The van der Waals surface area contributed by atoms with Crippen LogP contribution in [-0.4, -0.2) is 57.0 Å². The number of nitrogens with one attached hydrogen (secondary N) is 1. The van der Waals surface area contributed by atoms with Gasteiger partial charge in [0.15, 0.2) is 0 Å². The molecule has 0 unspecified atom stereocenters. The molecule has 128 valence electrons. The van der Waals surface area contributed by atoms with Crippen molar-refractivity contribution < 1.29 is 9.47 Å². The second-order valence-corrected chi connectivity index (χ2v) is 6.91. The summed E-state index contributed by atoms with van der Waals surface area (Å²) in [5, 5.41) is 3.87. The molecule has 4 heteroatoms. The molecule has 0 spiro atoms. The van der Waals surface area contributed by atoms with Crippen LogP contribution in [0.1, 0.15) is 31.4 Å². The Bertz CT molecular complexity index is 442. The molecular formula is C19H30N2O2. The number of ether oxygens (including phenoxy) is 2. The molecule has 3 rings (SSSR count). The maximum Gasteiger partial charge on any atom is 0.0594 e. The Labute approximate surface area is 140 Å². The summed E-state index contributed by atoms with van der Waals surface area (Å²) >= 11 is 0. The van der Waals surface area contributed by atoms with Crippen LogP contribution in [-0.2, 0) is 9.47 Å². The first-order chi connectivity index (χ1) is 11.3. The third-order valence-corrected chi connectivity index (χ3v) is 4.92. The first-order valence-corrected chi connectivity index (χ1v) is 9.00. The van der Waals surface area contributed by atoms with E-state index in [1.807, 2.05) is 0 Å². The third kappa shape index (κ3) is 5.28. The molecule has 3 atom stereocenters. The number of morpholine rings is 1. The van der Waals surface area contributed by atoms with Crippen molar-refractivity contribution in [1.29, 1.82) is 0 Å². The van der Waals surface area contributed by atoms with Crippen LogP contribution in [0.5, 0.6) is 0 Å². The van der Waals surface area contributed by atoms with Crippen LogP contribution < -0.4 is 5.32 Å². The molecule has 0 aromatic heterocycles. The highest BCUT2D eigenvalue weighted by Crippen LogP contribution is 2.27. The molecule has 2 saturated heterocycles. The van der Waals surface area contributed by atoms with Crippen molar-refractivity contribution in [3.05, 3.63) is 35.9 Å². The highest BCUT2D eigenvalue weighted by atomic mass is 16.5. The fourth-order valence-corrected chi connectivity index (χ4v) is 3.66. The normalized spacial score (nSPS) is 25.3. The fourth-order valence-electron chi connectivity index (χ4n) is 3.66. The van der Waals surface area contributed by atoms with Crippen LogP contribution >= 0.6 is 0 Å². The van der Waals surface area contributed by atoms with Gasteiger partial charge in [0, 0.05) is 44.9 Å². The minimum absolute atomic E-state index is 0.416. The summed E-state index contributed by atoms with van der Waals surface area (Å²) in [4.78, 5) is 2.50. The Balaban J connectivity index is 1.57. The molecule has 2 aliphatic rings. The number of benzene rings is 1. The van der Waals surface area contributed by atoms with E-state index in [0.717, 1.165) is 52.5 Å². The van der Waals surface area contributed by atoms with Gasteiger partial charge in [0.05, 0.1) is 13.2 Å². The highest BCUT2D eigenvalue weighted by molar-refractivity contribution is 5.19. The van der Waals surface area contributed by atoms with E-state index in [2.05, 4.69) is 47.5 Å². The highest BCUT2D eigenvalue weighted by Gasteiger charge is 2.23. The topological polar surface area (TPSA) is 33.7 Å². The van der Waals surface area contributed by atoms with Crippen molar-refractivity contribution in [1.82, 2.24) is 10.2 Å². The lowest BCUT2D eigenvalue weighted by Crippen LogP contribution is -2.45. The molecule has 0 radical (unpaired) electrons. The fraction of sp³-hybridized carbons (Fsp3) is 0.684. The van der Waals surface area contributed by atoms with E-state index in [-0.39, 0.29) is 0 Å². The monoisotopic (exact) mass is 318 g/mol. The molecule has 23 heavy (non-hydrogen) atoms. The molecule has 0 saturated carbocycles. The minimum Gasteiger partial charge on any atom is -0.381 e. The van der Waals surface area contributed by atoms with Gasteiger partial charge in [-0.1, -0.05) is 30.3 Å². The Morgan fingerprint density at radius 3 is 2.61 bits per heavy atom. The second kappa shape index (κ2) is 8.78. The van der Waals surface area contributed by atoms with Gasteiger partial charge in [0.1, 0.15) is 0 Å². The van der Waals surface area contributed by atoms with E-state index in [1.165, 1.54) is 12.0 Å². The van der Waals surface area contributed by atoms with Gasteiger partial charge in [-0.25, -0.2) is 0 Å². The van der Waals surface area contributed by atoms with Gasteiger partial charge in [-0.15, -0.1) is 0 Å². The molecular weight excluding hydrogens is 288 g/mol. The molecule has 1 aromatic rings. The Morgan fingerprint density at radius 2 is 1.91 bits per heavy atom. The van der Waals surface area contributed by atoms with Gasteiger partial charge in [-0.05, 0) is 31.2 Å². The third-order valence-electron chi connectivity index (χ3n) is 4.92. The summed E-state index contributed by atoms with van der Waals surface area (Å²) in [7, 11) is 0. The SMILES string of the molecule is C[C@H](CN1CCOCC1)N[C@@H](C[C@H]1CCOC1)c1ccccc1. The van der Waals surface area contributed by atoms with Crippen molar-refractivity contribution in [3.63, 3.8) is 0 Å². The molecule has 1 aromatic carbocycles. The van der Waals surface area contributed by atoms with Gasteiger partial charge in [-0.2, -0.15) is 0 Å². The Kier molecular flexibility index (Phi) is 6.46. The van der Waals surface area contributed by atoms with Crippen molar-refractivity contribution in [2.75, 3.05) is 46.1 Å². The zero-order valence-corrected chi connectivity index (χ0v) is 14.2. The summed E-state index contributed by atoms with van der Waals surface area (Å²) < 4.78 is 11.0. The molecule has 0 amide bonds. The first-order valence-electron chi connectivity index (χ1n) is 9.00. The molecule has 0 aliphatic carbocycles. The lowest BCUT2D eigenvalue weighted by molar-refractivity contribution is 0.0336. The molecule has 1 N–H and O–H groups in total. The maximum atomic E-state index is 5.57. The molecule has 2 heterocycles. The Hall–Kier alpha value is -0.940. The summed E-state index contributed by atoms with van der Waals surface area (Å²) in [6.45, 7) is 9.09. The predicted octanol–water partition coefficient (Wildman–Crippen LogP) is 2.46. The van der Waals surface area contributed by atoms with E-state index in [1.54, 1.807) is 0 Å². The van der Waals surface area contributed by atoms with Crippen molar-refractivity contribution in [2.45, 2.75) is 31.8 Å². The number of hydrogen-bond donors (Lipinski definition) is 1. The predicted molar refractivity (Wildman–Crippen MR) is 92.6 cm³/mol. The zero-order chi connectivity index (χ0) is 15.9. The molecule has 2 aliphatic heterocycles. The lowest BCUT2D eigenvalue weighted by atomic mass is 9.93. The van der Waals surface area contributed by atoms with Gasteiger partial charge in [0.25, 0.3) is 0 Å². The van der Waals surface area contributed by atoms with Crippen LogP contribution in [0.3, 0.4) is 0 Å². The van der Waals surface area contributed by atoms with Crippen molar-refractivity contribution >= 4 is 0 Å². The number of nitrogens with zero attached hydrogens (tertiary/aromatic N) is 1. The minimum atomic E-state index is 0.416. The van der Waals surface area contributed by atoms with E-state index >= 15 is 0 Å². The molecule has 0 bridgehead atoms. The van der Waals surface area contributed by atoms with Gasteiger partial charge >= 0.3 is 0 Å². The average molecular weight is 318 g/mol. The maximum absolute atomic E-state index is 5.57. The van der Waals surface area contributed by atoms with E-state index < -0.39 is 0 Å². The average Bonchev–Trinajstić information content (AvgIpc) is 3.09. The van der Waals surface area contributed by atoms with Gasteiger partial charge < -0.3 is 14.8 Å². The smallest absolute Gasteiger partial charge is 0.0594 e. The van der Waals surface area contributed by atoms with Crippen LogP contribution in [0.4, 0.5) is 0 Å². The summed E-state index contributed by atoms with van der Waals surface area (Å²) in [5.41, 5.74) is 1.40. The van der Waals surface area contributed by atoms with E-state index in [4.69, 9.17) is 9.47 Å². The van der Waals surface area contributed by atoms with Gasteiger partial charge in [-0.3, -0.25) is 4.90 Å². The van der Waals surface area contributed by atoms with E-state index in [9.17, 15) is 0 Å². The van der Waals surface area contributed by atoms with Crippen LogP contribution in [0.2, 0.25) is 0 Å². The summed E-state index contributed by atoms with van der Waals surface area (Å²) in [6.07, 6.45) is 2.36. The molecule has 4 nitrogen and oxygen atoms in total. The zero-order valence-electron chi connectivity index (χ0n) is 14.2. The number of hydrogen-bond acceptors (Lipinski definition) is 4. The second-order valence-electron chi connectivity index (χ2n) is 6.91. The van der Waals surface area contributed by atoms with Gasteiger partial charge in [0.2, 0.25) is 0 Å². The molecule has 2 fully saturated rings. The summed E-state index contributed by atoms with van der Waals surface area (Å²) in [5.74, 6) is 0.684. The lowest BCUT2D eigenvalue weighted by Gasteiger charge is -2.32.